The molecule has 52 heavy (non-hydrogen) atoms. The third kappa shape index (κ3) is 8.68. The molecule has 2 aliphatic rings. The summed E-state index contributed by atoms with van der Waals surface area (Å²) in [4.78, 5) is 43.8. The van der Waals surface area contributed by atoms with E-state index < -0.39 is 10.8 Å². The summed E-state index contributed by atoms with van der Waals surface area (Å²) in [5.41, 5.74) is 13.5. The number of likely N-dealkylation sites (tertiary alicyclic amines) is 1. The third-order valence-electron chi connectivity index (χ3n) is 9.98. The molecule has 272 valence electrons. The zero-order valence-electron chi connectivity index (χ0n) is 29.7. The zero-order chi connectivity index (χ0) is 36.9. The molecule has 0 radical (unpaired) electrons. The van der Waals surface area contributed by atoms with E-state index >= 15 is 0 Å². The van der Waals surface area contributed by atoms with Crippen LogP contribution < -0.4 is 16.0 Å². The van der Waals surface area contributed by atoms with Crippen LogP contribution in [0.3, 0.4) is 0 Å². The van der Waals surface area contributed by atoms with Crippen LogP contribution in [-0.2, 0) is 19.7 Å². The van der Waals surface area contributed by atoms with Gasteiger partial charge >= 0.3 is 0 Å². The van der Waals surface area contributed by atoms with Gasteiger partial charge in [-0.2, -0.15) is 0 Å². The van der Waals surface area contributed by atoms with Crippen molar-refractivity contribution < 1.29 is 19.2 Å². The number of non-ortho nitro benzene ring substituents is 1. The van der Waals surface area contributed by atoms with Gasteiger partial charge in [0.15, 0.2) is 0 Å². The second-order valence-corrected chi connectivity index (χ2v) is 12.9. The second kappa shape index (κ2) is 18.1. The number of rotatable bonds is 16. The first-order chi connectivity index (χ1) is 25.3. The highest BCUT2D eigenvalue weighted by Crippen LogP contribution is 2.42. The van der Waals surface area contributed by atoms with Gasteiger partial charge in [-0.15, -0.1) is 0 Å². The van der Waals surface area contributed by atoms with Crippen molar-refractivity contribution in [3.05, 3.63) is 145 Å². The van der Waals surface area contributed by atoms with Crippen LogP contribution in [0.4, 0.5) is 5.69 Å². The SMILES string of the molecule is CCC1=C(C(=O)NC)C(c2ccc([N+](=O)[O-])cc2)C(C(=O)NCCCN2CCC(c3ccccc3)(c3ccccc3)CC2)=C(COCCN=[N+]=[N-])N1. The lowest BCUT2D eigenvalue weighted by molar-refractivity contribution is -0.384. The van der Waals surface area contributed by atoms with Crippen LogP contribution in [0.5, 0.6) is 0 Å². The average molecular weight is 707 g/mol. The first-order valence-electron chi connectivity index (χ1n) is 17.7. The Labute approximate surface area is 303 Å². The molecular formula is C39H46N8O5. The molecule has 0 bridgehead atoms. The molecule has 5 rings (SSSR count). The van der Waals surface area contributed by atoms with Crippen molar-refractivity contribution in [3.8, 4) is 0 Å². The van der Waals surface area contributed by atoms with Crippen molar-refractivity contribution in [2.24, 2.45) is 5.11 Å². The quantitative estimate of drug-likeness (QED) is 0.0418. The van der Waals surface area contributed by atoms with E-state index in [4.69, 9.17) is 10.3 Å². The Kier molecular flexibility index (Phi) is 13.2. The summed E-state index contributed by atoms with van der Waals surface area (Å²) in [5.74, 6) is -1.56. The smallest absolute Gasteiger partial charge is 0.269 e. The number of piperidine rings is 1. The number of ether oxygens (including phenoxy) is 1. The zero-order valence-corrected chi connectivity index (χ0v) is 29.7. The number of likely N-dealkylation sites (N-methyl/N-ethyl adjacent to an activating group) is 1. The van der Waals surface area contributed by atoms with Crippen molar-refractivity contribution in [1.29, 1.82) is 0 Å². The molecule has 13 heteroatoms. The summed E-state index contributed by atoms with van der Waals surface area (Å²) >= 11 is 0. The van der Waals surface area contributed by atoms with Crippen LogP contribution in [0, 0.1) is 10.1 Å². The van der Waals surface area contributed by atoms with Crippen LogP contribution in [0.2, 0.25) is 0 Å². The predicted molar refractivity (Wildman–Crippen MR) is 199 cm³/mol. The molecule has 0 spiro atoms. The number of dihydropyridines is 1. The normalized spacial score (nSPS) is 17.2. The maximum absolute atomic E-state index is 14.2. The van der Waals surface area contributed by atoms with Gasteiger partial charge in [0.25, 0.3) is 5.69 Å². The molecule has 1 fully saturated rings. The highest BCUT2D eigenvalue weighted by atomic mass is 16.6. The van der Waals surface area contributed by atoms with E-state index in [2.05, 4.69) is 91.5 Å². The van der Waals surface area contributed by atoms with Crippen LogP contribution in [-0.4, -0.2) is 74.6 Å². The third-order valence-corrected chi connectivity index (χ3v) is 9.98. The van der Waals surface area contributed by atoms with Crippen LogP contribution in [0.25, 0.3) is 10.4 Å². The van der Waals surface area contributed by atoms with E-state index in [1.165, 1.54) is 30.3 Å². The number of benzene rings is 3. The Morgan fingerprint density at radius 3 is 2.15 bits per heavy atom. The molecule has 1 atom stereocenters. The van der Waals surface area contributed by atoms with E-state index in [0.717, 1.165) is 32.5 Å². The minimum atomic E-state index is -0.820. The number of allylic oxidation sites excluding steroid dienone is 1. The fourth-order valence-corrected chi connectivity index (χ4v) is 7.34. The molecule has 0 aliphatic carbocycles. The highest BCUT2D eigenvalue weighted by Gasteiger charge is 2.39. The van der Waals surface area contributed by atoms with Crippen molar-refractivity contribution in [2.45, 2.75) is 43.9 Å². The standard InChI is InChI=1S/C39H46N8O5/c1-3-32-35(37(48)41-2)34(28-15-17-31(18-16-28)47(50)51)36(33(44-32)27-52-26-22-43-45-40)38(49)42-21-10-23-46-24-19-39(20-25-46,29-11-6-4-7-12-29)30-13-8-5-9-14-30/h4-9,11-18,34,44H,3,10,19-27H2,1-2H3,(H,41,48)(H,42,49). The van der Waals surface area contributed by atoms with Crippen LogP contribution in [0.15, 0.2) is 113 Å². The molecule has 1 unspecified atom stereocenters. The number of nitro benzene ring substituents is 1. The van der Waals surface area contributed by atoms with Crippen molar-refractivity contribution >= 4 is 17.5 Å². The van der Waals surface area contributed by atoms with Gasteiger partial charge in [0.2, 0.25) is 11.8 Å². The van der Waals surface area contributed by atoms with Gasteiger partial charge in [0, 0.05) is 59.8 Å². The molecule has 0 saturated carbocycles. The number of hydrogen-bond donors (Lipinski definition) is 3. The maximum atomic E-state index is 14.2. The monoisotopic (exact) mass is 706 g/mol. The molecule has 2 amide bonds. The Morgan fingerprint density at radius 2 is 1.60 bits per heavy atom. The Bertz CT molecular complexity index is 1770. The second-order valence-electron chi connectivity index (χ2n) is 12.9. The average Bonchev–Trinajstić information content (AvgIpc) is 3.19. The summed E-state index contributed by atoms with van der Waals surface area (Å²) in [6.07, 6.45) is 3.14. The van der Waals surface area contributed by atoms with Gasteiger partial charge < -0.3 is 25.6 Å². The number of hydrogen-bond acceptors (Lipinski definition) is 8. The lowest BCUT2D eigenvalue weighted by atomic mass is 9.68. The minimum Gasteiger partial charge on any atom is -0.375 e. The summed E-state index contributed by atoms with van der Waals surface area (Å²) < 4.78 is 5.81. The molecule has 2 heterocycles. The predicted octanol–water partition coefficient (Wildman–Crippen LogP) is 5.86. The molecule has 3 aromatic rings. The van der Waals surface area contributed by atoms with Crippen molar-refractivity contribution in [3.63, 3.8) is 0 Å². The molecule has 3 N–H and O–H groups in total. The summed E-state index contributed by atoms with van der Waals surface area (Å²) in [6.45, 7) is 5.19. The number of amides is 2. The van der Waals surface area contributed by atoms with E-state index in [-0.39, 0.29) is 42.7 Å². The largest absolute Gasteiger partial charge is 0.375 e. The first-order valence-corrected chi connectivity index (χ1v) is 17.7. The van der Waals surface area contributed by atoms with Crippen molar-refractivity contribution in [2.75, 3.05) is 53.0 Å². The fourth-order valence-electron chi connectivity index (χ4n) is 7.34. The van der Waals surface area contributed by atoms with Gasteiger partial charge in [-0.05, 0) is 67.5 Å². The number of carbonyl (C=O) groups excluding carboxylic acids is 2. The van der Waals surface area contributed by atoms with E-state index in [0.29, 0.717) is 47.5 Å². The van der Waals surface area contributed by atoms with Crippen LogP contribution in [0.1, 0.15) is 55.2 Å². The molecule has 13 nitrogen and oxygen atoms in total. The van der Waals surface area contributed by atoms with Gasteiger partial charge in [-0.3, -0.25) is 19.7 Å². The van der Waals surface area contributed by atoms with Gasteiger partial charge in [0.05, 0.1) is 29.4 Å². The lowest BCUT2D eigenvalue weighted by Gasteiger charge is -2.43. The Hall–Kier alpha value is -5.49. The van der Waals surface area contributed by atoms with Crippen molar-refractivity contribution in [1.82, 2.24) is 20.9 Å². The number of nitrogens with one attached hydrogen (secondary N) is 3. The van der Waals surface area contributed by atoms with Gasteiger partial charge in [-0.25, -0.2) is 0 Å². The topological polar surface area (TPSA) is 175 Å². The summed E-state index contributed by atoms with van der Waals surface area (Å²) in [7, 11) is 1.53. The van der Waals surface area contributed by atoms with Gasteiger partial charge in [0.1, 0.15) is 0 Å². The van der Waals surface area contributed by atoms with E-state index in [1.54, 1.807) is 12.1 Å². The Balaban J connectivity index is 1.32. The van der Waals surface area contributed by atoms with Crippen LogP contribution >= 0.6 is 0 Å². The molecular weight excluding hydrogens is 660 g/mol. The molecule has 0 aromatic heterocycles. The number of nitrogens with zero attached hydrogens (tertiary/aromatic N) is 5. The maximum Gasteiger partial charge on any atom is 0.269 e. The molecule has 2 aliphatic heterocycles. The number of carbonyl (C=O) groups is 2. The lowest BCUT2D eigenvalue weighted by Crippen LogP contribution is -2.44. The van der Waals surface area contributed by atoms with E-state index in [1.807, 2.05) is 6.92 Å². The van der Waals surface area contributed by atoms with Gasteiger partial charge in [-0.1, -0.05) is 84.8 Å². The molecule has 3 aromatic carbocycles. The van der Waals surface area contributed by atoms with E-state index in [9.17, 15) is 19.7 Å². The summed E-state index contributed by atoms with van der Waals surface area (Å²) in [5, 5.41) is 24.0. The first kappa shape index (κ1) is 37.8. The summed E-state index contributed by atoms with van der Waals surface area (Å²) in [6, 6.07) is 27.4. The number of nitro groups is 1. The molecule has 1 saturated heterocycles. The fraction of sp³-hybridized carbons (Fsp3) is 0.385. The highest BCUT2D eigenvalue weighted by molar-refractivity contribution is 6.03. The Morgan fingerprint density at radius 1 is 0.981 bits per heavy atom. The minimum absolute atomic E-state index is 0.00391. The number of azide groups is 1.